The molecule has 2 aromatic rings. The second-order valence-corrected chi connectivity index (χ2v) is 6.50. The third kappa shape index (κ3) is 6.07. The van der Waals surface area contributed by atoms with Crippen LogP contribution in [0.4, 0.5) is 10.1 Å². The maximum Gasteiger partial charge on any atom is 0.338 e. The van der Waals surface area contributed by atoms with Crippen LogP contribution in [0.3, 0.4) is 0 Å². The maximum absolute atomic E-state index is 13.6. The number of rotatable bonds is 7. The summed E-state index contributed by atoms with van der Waals surface area (Å²) in [5, 5.41) is 3.07. The Hall–Kier alpha value is -2.05. The smallest absolute Gasteiger partial charge is 0.338 e. The number of anilines is 1. The summed E-state index contributed by atoms with van der Waals surface area (Å²) in [6, 6.07) is 10.9. The molecular weight excluding hydrogens is 365 g/mol. The van der Waals surface area contributed by atoms with E-state index in [1.165, 1.54) is 17.8 Å². The normalized spacial score (nSPS) is 10.4. The van der Waals surface area contributed by atoms with Gasteiger partial charge in [-0.15, -0.1) is 11.8 Å². The highest BCUT2D eigenvalue weighted by Crippen LogP contribution is 2.20. The van der Waals surface area contributed by atoms with Crippen molar-refractivity contribution in [2.24, 2.45) is 0 Å². The number of ether oxygens (including phenoxy) is 1. The summed E-state index contributed by atoms with van der Waals surface area (Å²) in [5.74, 6) is -0.431. The molecule has 0 saturated heterocycles. The van der Waals surface area contributed by atoms with E-state index in [4.69, 9.17) is 16.3 Å². The molecule has 0 aromatic heterocycles. The summed E-state index contributed by atoms with van der Waals surface area (Å²) >= 11 is 7.00. The minimum Gasteiger partial charge on any atom is -0.462 e. The minimum absolute atomic E-state index is 0.182. The summed E-state index contributed by atoms with van der Waals surface area (Å²) in [6.45, 7) is 2.04. The summed E-state index contributed by atoms with van der Waals surface area (Å²) in [5.41, 5.74) is 1.50. The topological polar surface area (TPSA) is 55.4 Å². The molecule has 25 heavy (non-hydrogen) atoms. The number of amides is 1. The summed E-state index contributed by atoms with van der Waals surface area (Å²) in [4.78, 5) is 23.5. The highest BCUT2D eigenvalue weighted by Gasteiger charge is 2.08. The van der Waals surface area contributed by atoms with Crippen LogP contribution < -0.4 is 5.32 Å². The fourth-order valence-electron chi connectivity index (χ4n) is 1.99. The van der Waals surface area contributed by atoms with Gasteiger partial charge in [0.05, 0.1) is 17.9 Å². The summed E-state index contributed by atoms with van der Waals surface area (Å²) in [6.07, 6.45) is 0. The lowest BCUT2D eigenvalue weighted by atomic mass is 10.2. The zero-order valence-corrected chi connectivity index (χ0v) is 15.1. The molecule has 0 aliphatic rings. The lowest BCUT2D eigenvalue weighted by Gasteiger charge is -2.07. The Balaban J connectivity index is 1.81. The number of carbonyl (C=O) groups is 2. The molecule has 0 spiro atoms. The molecule has 7 heteroatoms. The first-order valence-corrected chi connectivity index (χ1v) is 9.11. The molecule has 0 bridgehead atoms. The van der Waals surface area contributed by atoms with Crippen molar-refractivity contribution in [3.05, 3.63) is 64.4 Å². The molecule has 4 nitrogen and oxygen atoms in total. The Kier molecular flexibility index (Phi) is 7.28. The Morgan fingerprint density at radius 1 is 1.20 bits per heavy atom. The van der Waals surface area contributed by atoms with Crippen molar-refractivity contribution in [2.45, 2.75) is 12.7 Å². The van der Waals surface area contributed by atoms with Gasteiger partial charge in [0.15, 0.2) is 0 Å². The molecule has 0 fully saturated rings. The first-order valence-electron chi connectivity index (χ1n) is 7.58. The Morgan fingerprint density at radius 2 is 1.92 bits per heavy atom. The number of esters is 1. The molecule has 0 heterocycles. The lowest BCUT2D eigenvalue weighted by molar-refractivity contribution is -0.113. The molecule has 1 N–H and O–H groups in total. The van der Waals surface area contributed by atoms with Crippen LogP contribution in [0, 0.1) is 5.82 Å². The van der Waals surface area contributed by atoms with Crippen LogP contribution in [-0.4, -0.2) is 24.2 Å². The van der Waals surface area contributed by atoms with Gasteiger partial charge in [-0.1, -0.05) is 17.7 Å². The highest BCUT2D eigenvalue weighted by molar-refractivity contribution is 7.99. The number of thioether (sulfide) groups is 1. The van der Waals surface area contributed by atoms with Gasteiger partial charge < -0.3 is 10.1 Å². The van der Waals surface area contributed by atoms with Crippen LogP contribution >= 0.6 is 23.4 Å². The molecule has 0 aliphatic heterocycles. The summed E-state index contributed by atoms with van der Waals surface area (Å²) < 4.78 is 18.5. The van der Waals surface area contributed by atoms with Gasteiger partial charge in [-0.05, 0) is 48.9 Å². The van der Waals surface area contributed by atoms with Gasteiger partial charge in [-0.2, -0.15) is 0 Å². The van der Waals surface area contributed by atoms with E-state index >= 15 is 0 Å². The lowest BCUT2D eigenvalue weighted by Crippen LogP contribution is -2.14. The Morgan fingerprint density at radius 3 is 2.56 bits per heavy atom. The standard InChI is InChI=1S/C18H17ClFNO3S/c1-2-24-18(23)12-4-7-15(8-5-12)21-17(22)11-25-10-13-3-6-14(19)9-16(13)20/h3-9H,2,10-11H2,1H3,(H,21,22). The number of hydrogen-bond acceptors (Lipinski definition) is 4. The molecular formula is C18H17ClFNO3S. The van der Waals surface area contributed by atoms with E-state index in [0.29, 0.717) is 34.2 Å². The van der Waals surface area contributed by atoms with Crippen molar-refractivity contribution in [3.63, 3.8) is 0 Å². The average Bonchev–Trinajstić information content (AvgIpc) is 2.57. The van der Waals surface area contributed by atoms with E-state index in [0.717, 1.165) is 0 Å². The molecule has 0 radical (unpaired) electrons. The third-order valence-corrected chi connectivity index (χ3v) is 4.40. The van der Waals surface area contributed by atoms with Crippen molar-refractivity contribution in [1.82, 2.24) is 0 Å². The van der Waals surface area contributed by atoms with Gasteiger partial charge in [-0.25, -0.2) is 9.18 Å². The van der Waals surface area contributed by atoms with Gasteiger partial charge in [0.1, 0.15) is 5.82 Å². The first-order chi connectivity index (χ1) is 12.0. The largest absolute Gasteiger partial charge is 0.462 e. The number of nitrogens with one attached hydrogen (secondary N) is 1. The zero-order chi connectivity index (χ0) is 18.2. The molecule has 0 aliphatic carbocycles. The van der Waals surface area contributed by atoms with Crippen molar-refractivity contribution in [1.29, 1.82) is 0 Å². The SMILES string of the molecule is CCOC(=O)c1ccc(NC(=O)CSCc2ccc(Cl)cc2F)cc1. The van der Waals surface area contributed by atoms with Crippen LogP contribution in [0.5, 0.6) is 0 Å². The Labute approximate surface area is 154 Å². The van der Waals surface area contributed by atoms with Crippen LogP contribution in [0.25, 0.3) is 0 Å². The zero-order valence-electron chi connectivity index (χ0n) is 13.6. The average molecular weight is 382 g/mol. The predicted octanol–water partition coefficient (Wildman–Crippen LogP) is 4.53. The Bertz CT molecular complexity index is 752. The van der Waals surface area contributed by atoms with Crippen molar-refractivity contribution in [2.75, 3.05) is 17.7 Å². The van der Waals surface area contributed by atoms with Crippen molar-refractivity contribution < 1.29 is 18.7 Å². The van der Waals surface area contributed by atoms with Crippen molar-refractivity contribution >= 4 is 40.9 Å². The van der Waals surface area contributed by atoms with E-state index in [-0.39, 0.29) is 17.5 Å². The number of carbonyl (C=O) groups excluding carboxylic acids is 2. The second-order valence-electron chi connectivity index (χ2n) is 5.07. The molecule has 0 unspecified atom stereocenters. The number of benzene rings is 2. The van der Waals surface area contributed by atoms with Crippen LogP contribution in [0.2, 0.25) is 5.02 Å². The predicted molar refractivity (Wildman–Crippen MR) is 98.6 cm³/mol. The first kappa shape index (κ1) is 19.3. The van der Waals surface area contributed by atoms with Gasteiger partial charge in [-0.3, -0.25) is 4.79 Å². The van der Waals surface area contributed by atoms with Crippen molar-refractivity contribution in [3.8, 4) is 0 Å². The van der Waals surface area contributed by atoms with E-state index < -0.39 is 5.97 Å². The monoisotopic (exact) mass is 381 g/mol. The molecule has 132 valence electrons. The molecule has 2 rings (SSSR count). The maximum atomic E-state index is 13.6. The third-order valence-electron chi connectivity index (χ3n) is 3.19. The summed E-state index contributed by atoms with van der Waals surface area (Å²) in [7, 11) is 0. The van der Waals surface area contributed by atoms with E-state index in [1.807, 2.05) is 0 Å². The molecule has 0 atom stereocenters. The van der Waals surface area contributed by atoms with Crippen LogP contribution in [0.1, 0.15) is 22.8 Å². The van der Waals surface area contributed by atoms with Gasteiger partial charge in [0.25, 0.3) is 0 Å². The van der Waals surface area contributed by atoms with Crippen LogP contribution in [0.15, 0.2) is 42.5 Å². The van der Waals surface area contributed by atoms with Gasteiger partial charge in [0, 0.05) is 16.5 Å². The van der Waals surface area contributed by atoms with E-state index in [2.05, 4.69) is 5.32 Å². The fourth-order valence-corrected chi connectivity index (χ4v) is 2.97. The van der Waals surface area contributed by atoms with E-state index in [9.17, 15) is 14.0 Å². The fraction of sp³-hybridized carbons (Fsp3) is 0.222. The quantitative estimate of drug-likeness (QED) is 0.716. The second kappa shape index (κ2) is 9.44. The molecule has 0 saturated carbocycles. The minimum atomic E-state index is -0.402. The van der Waals surface area contributed by atoms with Crippen LogP contribution in [-0.2, 0) is 15.3 Å². The number of hydrogen-bond donors (Lipinski definition) is 1. The molecule has 1 amide bonds. The highest BCUT2D eigenvalue weighted by atomic mass is 35.5. The molecule has 2 aromatic carbocycles. The van der Waals surface area contributed by atoms with E-state index in [1.54, 1.807) is 43.3 Å². The van der Waals surface area contributed by atoms with Gasteiger partial charge >= 0.3 is 5.97 Å². The number of halogens is 2. The van der Waals surface area contributed by atoms with Gasteiger partial charge in [0.2, 0.25) is 5.91 Å².